The average molecular weight is 414 g/mol. The summed E-state index contributed by atoms with van der Waals surface area (Å²) in [4.78, 5) is 41.0. The van der Waals surface area contributed by atoms with Gasteiger partial charge in [-0.15, -0.1) is 0 Å². The number of hydrogen-bond donors (Lipinski definition) is 2. The number of hydroxylamine groups is 2. The maximum Gasteiger partial charge on any atom is 0.329 e. The van der Waals surface area contributed by atoms with Gasteiger partial charge >= 0.3 is 12.0 Å². The van der Waals surface area contributed by atoms with Crippen LogP contribution >= 0.6 is 15.9 Å². The molecule has 0 unspecified atom stereocenters. The molecule has 0 aromatic heterocycles. The quantitative estimate of drug-likeness (QED) is 0.698. The first kappa shape index (κ1) is 21.0. The number of carbonyl (C=O) groups excluding carboxylic acids is 3. The molecule has 138 valence electrons. The summed E-state index contributed by atoms with van der Waals surface area (Å²) >= 11 is 3.32. The van der Waals surface area contributed by atoms with E-state index in [0.29, 0.717) is 18.5 Å². The number of urea groups is 1. The molecule has 7 nitrogen and oxygen atoms in total. The summed E-state index contributed by atoms with van der Waals surface area (Å²) in [6.45, 7) is 6.59. The van der Waals surface area contributed by atoms with Crippen LogP contribution in [-0.4, -0.2) is 35.1 Å². The second-order valence-electron chi connectivity index (χ2n) is 5.79. The molecule has 0 bridgehead atoms. The fraction of sp³-hybridized carbons (Fsp3) is 0.471. The Bertz CT molecular complexity index is 604. The molecule has 0 saturated carbocycles. The van der Waals surface area contributed by atoms with Crippen LogP contribution in [0, 0.1) is 0 Å². The van der Waals surface area contributed by atoms with Crippen molar-refractivity contribution >= 4 is 39.5 Å². The maximum absolute atomic E-state index is 12.6. The molecule has 1 aromatic carbocycles. The Kier molecular flexibility index (Phi) is 8.40. The van der Waals surface area contributed by atoms with Crippen LogP contribution in [0.5, 0.6) is 0 Å². The first-order valence-electron chi connectivity index (χ1n) is 8.09. The molecule has 0 fully saturated rings. The number of benzene rings is 1. The second-order valence-corrected chi connectivity index (χ2v) is 6.70. The second kappa shape index (κ2) is 10.0. The van der Waals surface area contributed by atoms with Crippen molar-refractivity contribution in [3.05, 3.63) is 28.7 Å². The zero-order chi connectivity index (χ0) is 19.0. The molecular formula is C17H24BrN3O4. The standard InChI is InChI=1S/C17H24BrN3O4/c1-5-6-15(16(23)21(11(2)3)25-12(4)22)20-17(24)19-14-9-7-13(18)8-10-14/h7-11,15H,5-6H2,1-4H3,(H2,19,20,24)/t15-/m0/s1. The van der Waals surface area contributed by atoms with Crippen LogP contribution in [0.4, 0.5) is 10.5 Å². The fourth-order valence-electron chi connectivity index (χ4n) is 2.10. The van der Waals surface area contributed by atoms with Gasteiger partial charge in [-0.05, 0) is 44.5 Å². The van der Waals surface area contributed by atoms with Gasteiger partial charge in [0.2, 0.25) is 0 Å². The summed E-state index contributed by atoms with van der Waals surface area (Å²) in [5.41, 5.74) is 0.601. The minimum atomic E-state index is -0.790. The Morgan fingerprint density at radius 2 is 1.80 bits per heavy atom. The highest BCUT2D eigenvalue weighted by molar-refractivity contribution is 9.10. The lowest BCUT2D eigenvalue weighted by molar-refractivity contribution is -0.204. The highest BCUT2D eigenvalue weighted by atomic mass is 79.9. The molecule has 1 rings (SSSR count). The van der Waals surface area contributed by atoms with Gasteiger partial charge in [0.05, 0.1) is 6.04 Å². The number of nitrogens with zero attached hydrogens (tertiary/aromatic N) is 1. The first-order valence-corrected chi connectivity index (χ1v) is 8.88. The number of halogens is 1. The lowest BCUT2D eigenvalue weighted by Gasteiger charge is -2.28. The van der Waals surface area contributed by atoms with Crippen molar-refractivity contribution in [1.82, 2.24) is 10.4 Å². The lowest BCUT2D eigenvalue weighted by atomic mass is 10.1. The molecule has 8 heteroatoms. The Morgan fingerprint density at radius 3 is 2.28 bits per heavy atom. The molecule has 2 N–H and O–H groups in total. The van der Waals surface area contributed by atoms with E-state index in [2.05, 4.69) is 26.6 Å². The van der Waals surface area contributed by atoms with Gasteiger partial charge < -0.3 is 15.5 Å². The van der Waals surface area contributed by atoms with Crippen LogP contribution in [0.15, 0.2) is 28.7 Å². The maximum atomic E-state index is 12.6. The number of carbonyl (C=O) groups is 3. The molecule has 1 aromatic rings. The Hall–Kier alpha value is -2.09. The normalized spacial score (nSPS) is 11.6. The first-order chi connectivity index (χ1) is 11.7. The molecule has 0 aliphatic rings. The summed E-state index contributed by atoms with van der Waals surface area (Å²) in [5, 5.41) is 6.32. The summed E-state index contributed by atoms with van der Waals surface area (Å²) in [7, 11) is 0. The van der Waals surface area contributed by atoms with E-state index >= 15 is 0 Å². The minimum absolute atomic E-state index is 0.341. The van der Waals surface area contributed by atoms with Gasteiger partial charge in [0.25, 0.3) is 5.91 Å². The van der Waals surface area contributed by atoms with Crippen molar-refractivity contribution in [3.8, 4) is 0 Å². The SMILES string of the molecule is CCC[C@H](NC(=O)Nc1ccc(Br)cc1)C(=O)N(OC(C)=O)C(C)C. The minimum Gasteiger partial charge on any atom is -0.338 e. The van der Waals surface area contributed by atoms with E-state index in [-0.39, 0.29) is 6.04 Å². The molecule has 0 radical (unpaired) electrons. The molecule has 0 spiro atoms. The van der Waals surface area contributed by atoms with E-state index in [1.807, 2.05) is 6.92 Å². The highest BCUT2D eigenvalue weighted by Crippen LogP contribution is 2.14. The summed E-state index contributed by atoms with van der Waals surface area (Å²) in [6.07, 6.45) is 1.11. The van der Waals surface area contributed by atoms with E-state index in [4.69, 9.17) is 4.84 Å². The average Bonchev–Trinajstić information content (AvgIpc) is 2.53. The van der Waals surface area contributed by atoms with Crippen LogP contribution < -0.4 is 10.6 Å². The molecule has 1 atom stereocenters. The smallest absolute Gasteiger partial charge is 0.329 e. The summed E-state index contributed by atoms with van der Waals surface area (Å²) in [6, 6.07) is 5.44. The van der Waals surface area contributed by atoms with E-state index < -0.39 is 23.9 Å². The number of anilines is 1. The van der Waals surface area contributed by atoms with Crippen LogP contribution in [0.1, 0.15) is 40.5 Å². The van der Waals surface area contributed by atoms with Crippen LogP contribution in [0.3, 0.4) is 0 Å². The Morgan fingerprint density at radius 1 is 1.20 bits per heavy atom. The lowest BCUT2D eigenvalue weighted by Crippen LogP contribution is -2.51. The Labute approximate surface area is 156 Å². The number of amides is 3. The van der Waals surface area contributed by atoms with Crippen LogP contribution in [0.25, 0.3) is 0 Å². The third-order valence-corrected chi connectivity index (χ3v) is 3.72. The molecule has 0 aliphatic carbocycles. The molecule has 25 heavy (non-hydrogen) atoms. The van der Waals surface area contributed by atoms with Gasteiger partial charge in [0, 0.05) is 17.1 Å². The van der Waals surface area contributed by atoms with E-state index in [1.165, 1.54) is 6.92 Å². The largest absolute Gasteiger partial charge is 0.338 e. The Balaban J connectivity index is 2.79. The van der Waals surface area contributed by atoms with Crippen LogP contribution in [0.2, 0.25) is 0 Å². The van der Waals surface area contributed by atoms with Crippen LogP contribution in [-0.2, 0) is 14.4 Å². The van der Waals surface area contributed by atoms with Crippen molar-refractivity contribution in [1.29, 1.82) is 0 Å². The monoisotopic (exact) mass is 413 g/mol. The zero-order valence-electron chi connectivity index (χ0n) is 14.8. The van der Waals surface area contributed by atoms with Gasteiger partial charge in [0.15, 0.2) is 0 Å². The topological polar surface area (TPSA) is 87.7 Å². The molecular weight excluding hydrogens is 390 g/mol. The van der Waals surface area contributed by atoms with E-state index in [9.17, 15) is 14.4 Å². The van der Waals surface area contributed by atoms with E-state index in [1.54, 1.807) is 38.1 Å². The van der Waals surface area contributed by atoms with Crippen molar-refractivity contribution in [2.75, 3.05) is 5.32 Å². The van der Waals surface area contributed by atoms with Crippen molar-refractivity contribution in [2.24, 2.45) is 0 Å². The van der Waals surface area contributed by atoms with Crippen molar-refractivity contribution in [3.63, 3.8) is 0 Å². The number of rotatable bonds is 6. The molecule has 0 aliphatic heterocycles. The predicted octanol–water partition coefficient (Wildman–Crippen LogP) is 3.45. The van der Waals surface area contributed by atoms with Gasteiger partial charge in [-0.2, -0.15) is 5.06 Å². The highest BCUT2D eigenvalue weighted by Gasteiger charge is 2.29. The zero-order valence-corrected chi connectivity index (χ0v) is 16.4. The van der Waals surface area contributed by atoms with Gasteiger partial charge in [-0.3, -0.25) is 9.59 Å². The molecule has 3 amide bonds. The van der Waals surface area contributed by atoms with Gasteiger partial charge in [-0.1, -0.05) is 29.3 Å². The molecule has 0 saturated heterocycles. The molecule has 0 heterocycles. The van der Waals surface area contributed by atoms with Gasteiger partial charge in [0.1, 0.15) is 6.04 Å². The number of nitrogens with one attached hydrogen (secondary N) is 2. The number of hydrogen-bond acceptors (Lipinski definition) is 4. The van der Waals surface area contributed by atoms with E-state index in [0.717, 1.165) is 9.54 Å². The van der Waals surface area contributed by atoms with Gasteiger partial charge in [-0.25, -0.2) is 4.79 Å². The van der Waals surface area contributed by atoms with Crippen molar-refractivity contribution in [2.45, 2.75) is 52.6 Å². The third kappa shape index (κ3) is 7.13. The van der Waals surface area contributed by atoms with Crippen molar-refractivity contribution < 1.29 is 19.2 Å². The fourth-order valence-corrected chi connectivity index (χ4v) is 2.37. The third-order valence-electron chi connectivity index (χ3n) is 3.20. The predicted molar refractivity (Wildman–Crippen MR) is 98.7 cm³/mol. The summed E-state index contributed by atoms with van der Waals surface area (Å²) in [5.74, 6) is -1.05. The summed E-state index contributed by atoms with van der Waals surface area (Å²) < 4.78 is 0.895.